The molecule has 1 heterocycles. The summed E-state index contributed by atoms with van der Waals surface area (Å²) in [6, 6.07) is 21.5. The number of carbonyl (C=O) groups excluding carboxylic acids is 1. The number of methoxy groups -OCH3 is 2. The molecule has 3 aromatic carbocycles. The fraction of sp³-hybridized carbons (Fsp3) is 0.344. The lowest BCUT2D eigenvalue weighted by molar-refractivity contribution is 0.0235. The van der Waals surface area contributed by atoms with Crippen molar-refractivity contribution in [3.05, 3.63) is 77.9 Å². The largest absolute Gasteiger partial charge is 0.497 e. The minimum absolute atomic E-state index is 0.0448. The molecule has 1 saturated heterocycles. The molecule has 1 aliphatic heterocycles. The van der Waals surface area contributed by atoms with Crippen molar-refractivity contribution in [3.63, 3.8) is 0 Å². The van der Waals surface area contributed by atoms with E-state index in [4.69, 9.17) is 18.9 Å². The summed E-state index contributed by atoms with van der Waals surface area (Å²) in [4.78, 5) is 14.6. The number of likely N-dealkylation sites (tertiary alicyclic amines) is 1. The highest BCUT2D eigenvalue weighted by atomic mass is 16.6. The van der Waals surface area contributed by atoms with Crippen molar-refractivity contribution >= 4 is 23.9 Å². The lowest BCUT2D eigenvalue weighted by atomic mass is 10.1. The Morgan fingerprint density at radius 3 is 2.13 bits per heavy atom. The van der Waals surface area contributed by atoms with Crippen molar-refractivity contribution in [2.75, 3.05) is 32.6 Å². The number of hydrogen-bond acceptors (Lipinski definition) is 6. The molecule has 1 aliphatic rings. The third-order valence-corrected chi connectivity index (χ3v) is 6.41. The van der Waals surface area contributed by atoms with E-state index in [1.54, 1.807) is 14.2 Å². The van der Waals surface area contributed by atoms with Crippen molar-refractivity contribution in [1.82, 2.24) is 4.90 Å². The minimum atomic E-state index is -0.522. The minimum Gasteiger partial charge on any atom is -0.497 e. The van der Waals surface area contributed by atoms with Crippen LogP contribution in [0, 0.1) is 0 Å². The summed E-state index contributed by atoms with van der Waals surface area (Å²) in [7, 11) is 3.30. The highest BCUT2D eigenvalue weighted by Crippen LogP contribution is 2.33. The maximum atomic E-state index is 12.7. The SMILES string of the molecule is COc1ccc(C=Cc2ccc(NCC3CCCN3C(=O)OC(C)(C)C)c(Oc3ccc(OC)cc3)c2)cc1. The van der Waals surface area contributed by atoms with Gasteiger partial charge in [0.2, 0.25) is 0 Å². The zero-order valence-corrected chi connectivity index (χ0v) is 23.4. The molecule has 7 heteroatoms. The highest BCUT2D eigenvalue weighted by molar-refractivity contribution is 5.73. The fourth-order valence-electron chi connectivity index (χ4n) is 4.39. The van der Waals surface area contributed by atoms with Crippen molar-refractivity contribution in [1.29, 1.82) is 0 Å². The van der Waals surface area contributed by atoms with Crippen LogP contribution in [0.3, 0.4) is 0 Å². The van der Waals surface area contributed by atoms with Crippen LogP contribution in [-0.4, -0.2) is 49.9 Å². The van der Waals surface area contributed by atoms with Crippen LogP contribution in [0.15, 0.2) is 66.7 Å². The molecule has 0 aliphatic carbocycles. The second kappa shape index (κ2) is 12.6. The number of nitrogens with zero attached hydrogens (tertiary/aromatic N) is 1. The van der Waals surface area contributed by atoms with Gasteiger partial charge in [-0.1, -0.05) is 30.4 Å². The van der Waals surface area contributed by atoms with Crippen molar-refractivity contribution < 1.29 is 23.7 Å². The van der Waals surface area contributed by atoms with Crippen LogP contribution in [0.4, 0.5) is 10.5 Å². The first-order valence-corrected chi connectivity index (χ1v) is 13.3. The monoisotopic (exact) mass is 530 g/mol. The van der Waals surface area contributed by atoms with E-state index < -0.39 is 5.60 Å². The second-order valence-corrected chi connectivity index (χ2v) is 10.5. The van der Waals surface area contributed by atoms with E-state index in [0.717, 1.165) is 41.2 Å². The molecule has 0 radical (unpaired) electrons. The van der Waals surface area contributed by atoms with E-state index in [0.29, 0.717) is 24.6 Å². The number of amides is 1. The third-order valence-electron chi connectivity index (χ3n) is 6.41. The Morgan fingerprint density at radius 1 is 0.897 bits per heavy atom. The van der Waals surface area contributed by atoms with Crippen LogP contribution in [0.1, 0.15) is 44.7 Å². The van der Waals surface area contributed by atoms with Crippen LogP contribution in [0.2, 0.25) is 0 Å². The summed E-state index contributed by atoms with van der Waals surface area (Å²) in [6.07, 6.45) is 5.71. The van der Waals surface area contributed by atoms with Gasteiger partial charge >= 0.3 is 6.09 Å². The normalized spacial score (nSPS) is 15.3. The number of rotatable bonds is 9. The standard InChI is InChI=1S/C32H38N2O5/c1-32(2,3)39-31(35)34-20-6-7-25(34)22-33-29-19-12-24(9-8-23-10-13-26(36-4)14-11-23)21-30(29)38-28-17-15-27(37-5)16-18-28/h8-19,21,25,33H,6-7,20,22H2,1-5H3. The van der Waals surface area contributed by atoms with E-state index in [1.165, 1.54) is 0 Å². The van der Waals surface area contributed by atoms with E-state index >= 15 is 0 Å². The number of ether oxygens (including phenoxy) is 4. The van der Waals surface area contributed by atoms with Gasteiger partial charge in [-0.15, -0.1) is 0 Å². The van der Waals surface area contributed by atoms with Crippen molar-refractivity contribution in [2.45, 2.75) is 45.3 Å². The molecular weight excluding hydrogens is 492 g/mol. The predicted octanol–water partition coefficient (Wildman–Crippen LogP) is 7.48. The fourth-order valence-corrected chi connectivity index (χ4v) is 4.39. The molecule has 1 atom stereocenters. The summed E-state index contributed by atoms with van der Waals surface area (Å²) in [5, 5.41) is 3.52. The van der Waals surface area contributed by atoms with Crippen molar-refractivity contribution in [2.24, 2.45) is 0 Å². The van der Waals surface area contributed by atoms with E-state index in [1.807, 2.05) is 98.5 Å². The molecule has 7 nitrogen and oxygen atoms in total. The third kappa shape index (κ3) is 7.93. The Kier molecular flexibility index (Phi) is 9.02. The molecule has 206 valence electrons. The molecular formula is C32H38N2O5. The topological polar surface area (TPSA) is 69.3 Å². The van der Waals surface area contributed by atoms with Gasteiger partial charge in [0.05, 0.1) is 25.9 Å². The van der Waals surface area contributed by atoms with Gasteiger partial charge in [0.15, 0.2) is 5.75 Å². The molecule has 0 aromatic heterocycles. The quantitative estimate of drug-likeness (QED) is 0.289. The first-order chi connectivity index (χ1) is 18.7. The number of anilines is 1. The number of nitrogens with one attached hydrogen (secondary N) is 1. The lowest BCUT2D eigenvalue weighted by Crippen LogP contribution is -2.42. The van der Waals surface area contributed by atoms with E-state index in [-0.39, 0.29) is 12.1 Å². The smallest absolute Gasteiger partial charge is 0.410 e. The molecule has 0 bridgehead atoms. The van der Waals surface area contributed by atoms with E-state index in [9.17, 15) is 4.79 Å². The van der Waals surface area contributed by atoms with Crippen LogP contribution in [-0.2, 0) is 4.74 Å². The lowest BCUT2D eigenvalue weighted by Gasteiger charge is -2.29. The maximum Gasteiger partial charge on any atom is 0.410 e. The Hall–Kier alpha value is -4.13. The Balaban J connectivity index is 1.52. The van der Waals surface area contributed by atoms with Crippen LogP contribution >= 0.6 is 0 Å². The second-order valence-electron chi connectivity index (χ2n) is 10.5. The molecule has 1 amide bonds. The average Bonchev–Trinajstić information content (AvgIpc) is 3.40. The predicted molar refractivity (Wildman–Crippen MR) is 156 cm³/mol. The van der Waals surface area contributed by atoms with Gasteiger partial charge in [-0.05, 0) is 93.3 Å². The molecule has 1 unspecified atom stereocenters. The number of benzene rings is 3. The Bertz CT molecular complexity index is 1260. The Labute approximate surface area is 231 Å². The van der Waals surface area contributed by atoms with Crippen LogP contribution in [0.5, 0.6) is 23.0 Å². The summed E-state index contributed by atoms with van der Waals surface area (Å²) in [5.74, 6) is 2.98. The molecule has 4 rings (SSSR count). The van der Waals surface area contributed by atoms with Gasteiger partial charge in [0.1, 0.15) is 22.8 Å². The first-order valence-electron chi connectivity index (χ1n) is 13.3. The molecule has 1 N–H and O–H groups in total. The maximum absolute atomic E-state index is 12.7. The average molecular weight is 531 g/mol. The molecule has 39 heavy (non-hydrogen) atoms. The summed E-state index contributed by atoms with van der Waals surface area (Å²) < 4.78 is 22.5. The molecule has 0 saturated carbocycles. The highest BCUT2D eigenvalue weighted by Gasteiger charge is 2.32. The molecule has 0 spiro atoms. The van der Waals surface area contributed by atoms with Gasteiger partial charge in [-0.25, -0.2) is 4.79 Å². The first kappa shape index (κ1) is 27.9. The number of hydrogen-bond donors (Lipinski definition) is 1. The summed E-state index contributed by atoms with van der Waals surface area (Å²) in [5.41, 5.74) is 2.39. The Morgan fingerprint density at radius 2 is 1.49 bits per heavy atom. The van der Waals surface area contributed by atoms with Gasteiger partial charge in [-0.2, -0.15) is 0 Å². The zero-order valence-electron chi connectivity index (χ0n) is 23.4. The van der Waals surface area contributed by atoms with Gasteiger partial charge in [0, 0.05) is 13.1 Å². The van der Waals surface area contributed by atoms with Crippen LogP contribution < -0.4 is 19.5 Å². The van der Waals surface area contributed by atoms with E-state index in [2.05, 4.69) is 11.4 Å². The number of carbonyl (C=O) groups is 1. The van der Waals surface area contributed by atoms with Gasteiger partial charge < -0.3 is 29.2 Å². The summed E-state index contributed by atoms with van der Waals surface area (Å²) in [6.45, 7) is 6.97. The van der Waals surface area contributed by atoms with Crippen molar-refractivity contribution in [3.8, 4) is 23.0 Å². The van der Waals surface area contributed by atoms with Crippen LogP contribution in [0.25, 0.3) is 12.2 Å². The molecule has 1 fully saturated rings. The van der Waals surface area contributed by atoms with Gasteiger partial charge in [0.25, 0.3) is 0 Å². The zero-order chi connectivity index (χ0) is 27.8. The van der Waals surface area contributed by atoms with Gasteiger partial charge in [-0.3, -0.25) is 0 Å². The molecule has 3 aromatic rings. The summed E-state index contributed by atoms with van der Waals surface area (Å²) >= 11 is 0.